The summed E-state index contributed by atoms with van der Waals surface area (Å²) in [4.78, 5) is 38.5. The minimum Gasteiger partial charge on any atom is -0.452 e. The second-order valence-electron chi connectivity index (χ2n) is 5.76. The van der Waals surface area contributed by atoms with Gasteiger partial charge in [-0.2, -0.15) is 0 Å². The normalized spacial score (nSPS) is 13.2. The molecule has 1 N–H and O–H groups in total. The lowest BCUT2D eigenvalue weighted by atomic mass is 10.2. The van der Waals surface area contributed by atoms with E-state index in [2.05, 4.69) is 5.32 Å². The molecule has 0 saturated heterocycles. The molecule has 1 aliphatic heterocycles. The summed E-state index contributed by atoms with van der Waals surface area (Å²) in [6, 6.07) is 14.7. The van der Waals surface area contributed by atoms with E-state index in [1.165, 1.54) is 11.0 Å². The van der Waals surface area contributed by atoms with Crippen LogP contribution in [0.4, 0.5) is 11.4 Å². The van der Waals surface area contributed by atoms with Crippen molar-refractivity contribution in [3.63, 3.8) is 0 Å². The number of esters is 1. The van der Waals surface area contributed by atoms with Crippen LogP contribution in [0.25, 0.3) is 6.08 Å². The fourth-order valence-electron chi connectivity index (χ4n) is 2.59. The van der Waals surface area contributed by atoms with Gasteiger partial charge in [0.1, 0.15) is 6.54 Å². The van der Waals surface area contributed by atoms with E-state index in [0.717, 1.165) is 10.5 Å². The number of ether oxygens (including phenoxy) is 1. The Balaban J connectivity index is 1.58. The molecular formula is C20H18N2O4S. The molecule has 3 rings (SSSR count). The lowest BCUT2D eigenvalue weighted by molar-refractivity contribution is -0.143. The molecule has 1 heterocycles. The van der Waals surface area contributed by atoms with Crippen molar-refractivity contribution in [3.8, 4) is 0 Å². The molecule has 0 atom stereocenters. The fourth-order valence-corrected chi connectivity index (χ4v) is 3.00. The van der Waals surface area contributed by atoms with Crippen molar-refractivity contribution in [3.05, 3.63) is 60.2 Å². The molecule has 6 nitrogen and oxygen atoms in total. The van der Waals surface area contributed by atoms with Gasteiger partial charge in [0, 0.05) is 11.0 Å². The van der Waals surface area contributed by atoms with Gasteiger partial charge in [0.25, 0.3) is 5.91 Å². The number of nitrogens with zero attached hydrogens (tertiary/aromatic N) is 1. The van der Waals surface area contributed by atoms with Crippen molar-refractivity contribution >= 4 is 47.0 Å². The second-order valence-corrected chi connectivity index (χ2v) is 6.64. The van der Waals surface area contributed by atoms with E-state index in [1.807, 2.05) is 30.5 Å². The number of carbonyl (C=O) groups is 3. The SMILES string of the molecule is CSc1ccc(C=CC(=O)OCC(=O)N2CC(=O)Nc3ccccc32)cc1. The monoisotopic (exact) mass is 382 g/mol. The molecule has 0 saturated carbocycles. The first-order valence-electron chi connectivity index (χ1n) is 8.25. The summed E-state index contributed by atoms with van der Waals surface area (Å²) in [5, 5.41) is 2.70. The maximum Gasteiger partial charge on any atom is 0.331 e. The summed E-state index contributed by atoms with van der Waals surface area (Å²) < 4.78 is 5.02. The summed E-state index contributed by atoms with van der Waals surface area (Å²) in [6.45, 7) is -0.540. The molecule has 2 aromatic carbocycles. The molecule has 0 aromatic heterocycles. The van der Waals surface area contributed by atoms with E-state index < -0.39 is 18.5 Å². The average Bonchev–Trinajstić information content (AvgIpc) is 2.70. The largest absolute Gasteiger partial charge is 0.452 e. The Morgan fingerprint density at radius 3 is 2.67 bits per heavy atom. The van der Waals surface area contributed by atoms with E-state index in [0.29, 0.717) is 11.4 Å². The first kappa shape index (κ1) is 18.7. The van der Waals surface area contributed by atoms with Crippen LogP contribution in [0.3, 0.4) is 0 Å². The predicted octanol–water partition coefficient (Wildman–Crippen LogP) is 2.95. The van der Waals surface area contributed by atoms with E-state index in [4.69, 9.17) is 4.74 Å². The van der Waals surface area contributed by atoms with Gasteiger partial charge in [-0.05, 0) is 42.2 Å². The number of amides is 2. The molecule has 2 amide bonds. The molecule has 0 fully saturated rings. The molecule has 0 aliphatic carbocycles. The molecule has 0 bridgehead atoms. The molecule has 0 unspecified atom stereocenters. The number of rotatable bonds is 5. The first-order chi connectivity index (χ1) is 13.1. The van der Waals surface area contributed by atoms with Crippen LogP contribution >= 0.6 is 11.8 Å². The number of fused-ring (bicyclic) bond motifs is 1. The highest BCUT2D eigenvalue weighted by molar-refractivity contribution is 7.98. The van der Waals surface area contributed by atoms with E-state index in [-0.39, 0.29) is 12.5 Å². The van der Waals surface area contributed by atoms with Crippen LogP contribution in [0.5, 0.6) is 0 Å². The molecule has 0 radical (unpaired) electrons. The zero-order chi connectivity index (χ0) is 19.2. The quantitative estimate of drug-likeness (QED) is 0.489. The lowest BCUT2D eigenvalue weighted by Gasteiger charge is -2.28. The van der Waals surface area contributed by atoms with Gasteiger partial charge in [0.2, 0.25) is 5.91 Å². The minimum atomic E-state index is -0.618. The van der Waals surface area contributed by atoms with Crippen molar-refractivity contribution in [1.82, 2.24) is 0 Å². The van der Waals surface area contributed by atoms with E-state index in [1.54, 1.807) is 42.1 Å². The Morgan fingerprint density at radius 2 is 1.93 bits per heavy atom. The highest BCUT2D eigenvalue weighted by atomic mass is 32.2. The molecule has 138 valence electrons. The third-order valence-corrected chi connectivity index (χ3v) is 4.68. The number of carbonyl (C=O) groups excluding carboxylic acids is 3. The first-order valence-corrected chi connectivity index (χ1v) is 9.47. The summed E-state index contributed by atoms with van der Waals surface area (Å²) in [5.74, 6) is -1.36. The van der Waals surface area contributed by atoms with Crippen molar-refractivity contribution in [2.75, 3.05) is 29.6 Å². The third-order valence-electron chi connectivity index (χ3n) is 3.94. The van der Waals surface area contributed by atoms with Gasteiger partial charge in [-0.1, -0.05) is 24.3 Å². The van der Waals surface area contributed by atoms with Gasteiger partial charge < -0.3 is 10.1 Å². The molecule has 1 aliphatic rings. The van der Waals surface area contributed by atoms with Gasteiger partial charge in [0.15, 0.2) is 6.61 Å². The minimum absolute atomic E-state index is 0.106. The van der Waals surface area contributed by atoms with Gasteiger partial charge in [-0.3, -0.25) is 14.5 Å². The number of benzene rings is 2. The molecule has 0 spiro atoms. The van der Waals surface area contributed by atoms with Gasteiger partial charge in [-0.25, -0.2) is 4.79 Å². The Labute approximate surface area is 161 Å². The highest BCUT2D eigenvalue weighted by Gasteiger charge is 2.26. The molecule has 7 heteroatoms. The van der Waals surface area contributed by atoms with Crippen molar-refractivity contribution in [2.45, 2.75) is 4.90 Å². The molecule has 2 aromatic rings. The standard InChI is InChI=1S/C20H18N2O4S/c1-27-15-9-6-14(7-10-15)8-11-20(25)26-13-19(24)22-12-18(23)21-16-4-2-3-5-17(16)22/h2-11H,12-13H2,1H3,(H,21,23). The maximum absolute atomic E-state index is 12.4. The Morgan fingerprint density at radius 1 is 1.19 bits per heavy atom. The maximum atomic E-state index is 12.4. The highest BCUT2D eigenvalue weighted by Crippen LogP contribution is 2.28. The summed E-state index contributed by atoms with van der Waals surface area (Å²) in [7, 11) is 0. The Bertz CT molecular complexity index is 893. The Kier molecular flexibility index (Phi) is 5.93. The number of para-hydroxylation sites is 2. The average molecular weight is 382 g/mol. The number of anilines is 2. The van der Waals surface area contributed by atoms with Crippen LogP contribution in [0.15, 0.2) is 59.5 Å². The van der Waals surface area contributed by atoms with Crippen LogP contribution < -0.4 is 10.2 Å². The third kappa shape index (κ3) is 4.77. The number of hydrogen-bond donors (Lipinski definition) is 1. The van der Waals surface area contributed by atoms with Gasteiger partial charge in [-0.15, -0.1) is 11.8 Å². The van der Waals surface area contributed by atoms with E-state index >= 15 is 0 Å². The summed E-state index contributed by atoms with van der Waals surface area (Å²) in [6.07, 6.45) is 4.89. The predicted molar refractivity (Wildman–Crippen MR) is 106 cm³/mol. The van der Waals surface area contributed by atoms with Crippen LogP contribution in [-0.2, 0) is 19.1 Å². The van der Waals surface area contributed by atoms with Crippen LogP contribution in [-0.4, -0.2) is 37.2 Å². The number of hydrogen-bond acceptors (Lipinski definition) is 5. The van der Waals surface area contributed by atoms with Crippen molar-refractivity contribution in [2.24, 2.45) is 0 Å². The Hall–Kier alpha value is -3.06. The van der Waals surface area contributed by atoms with Crippen molar-refractivity contribution < 1.29 is 19.1 Å². The fraction of sp³-hybridized carbons (Fsp3) is 0.150. The van der Waals surface area contributed by atoms with Gasteiger partial charge in [0.05, 0.1) is 11.4 Å². The summed E-state index contributed by atoms with van der Waals surface area (Å²) in [5.41, 5.74) is 2.00. The number of thioether (sulfide) groups is 1. The zero-order valence-corrected chi connectivity index (χ0v) is 15.5. The van der Waals surface area contributed by atoms with E-state index in [9.17, 15) is 14.4 Å². The van der Waals surface area contributed by atoms with Crippen molar-refractivity contribution in [1.29, 1.82) is 0 Å². The summed E-state index contributed by atoms with van der Waals surface area (Å²) >= 11 is 1.64. The topological polar surface area (TPSA) is 75.7 Å². The zero-order valence-electron chi connectivity index (χ0n) is 14.7. The second kappa shape index (κ2) is 8.55. The smallest absolute Gasteiger partial charge is 0.331 e. The molecule has 27 heavy (non-hydrogen) atoms. The lowest BCUT2D eigenvalue weighted by Crippen LogP contribution is -2.43. The van der Waals surface area contributed by atoms with Gasteiger partial charge >= 0.3 is 5.97 Å². The molecular weight excluding hydrogens is 364 g/mol. The number of nitrogens with one attached hydrogen (secondary N) is 1. The van der Waals surface area contributed by atoms with Crippen LogP contribution in [0, 0.1) is 0 Å². The van der Waals surface area contributed by atoms with Crippen LogP contribution in [0.2, 0.25) is 0 Å². The van der Waals surface area contributed by atoms with Crippen LogP contribution in [0.1, 0.15) is 5.56 Å².